The summed E-state index contributed by atoms with van der Waals surface area (Å²) in [7, 11) is 2.91. The SMILES string of the molecule is COC(=O)C1(c2ccc(C)cc2)CC1.COC(=O)C1(c2ccc(CBr)cc2)CC1. The molecule has 2 saturated carbocycles. The quantitative estimate of drug-likeness (QED) is 0.467. The van der Waals surface area contributed by atoms with Crippen LogP contribution in [-0.2, 0) is 35.2 Å². The first-order valence-electron chi connectivity index (χ1n) is 9.81. The fourth-order valence-corrected chi connectivity index (χ4v) is 4.02. The number of carbonyl (C=O) groups excluding carboxylic acids is 2. The third-order valence-corrected chi connectivity index (χ3v) is 6.56. The van der Waals surface area contributed by atoms with E-state index in [4.69, 9.17) is 9.47 Å². The van der Waals surface area contributed by atoms with Crippen LogP contribution in [0.1, 0.15) is 47.9 Å². The van der Waals surface area contributed by atoms with Crippen LogP contribution in [0.4, 0.5) is 0 Å². The van der Waals surface area contributed by atoms with E-state index in [0.29, 0.717) is 0 Å². The molecule has 0 heterocycles. The topological polar surface area (TPSA) is 52.6 Å². The number of hydrogen-bond acceptors (Lipinski definition) is 4. The molecule has 4 rings (SSSR count). The number of aryl methyl sites for hydroxylation is 1. The Labute approximate surface area is 180 Å². The van der Waals surface area contributed by atoms with Crippen LogP contribution in [0.15, 0.2) is 48.5 Å². The van der Waals surface area contributed by atoms with Gasteiger partial charge in [-0.2, -0.15) is 0 Å². The number of carbonyl (C=O) groups is 2. The highest BCUT2D eigenvalue weighted by atomic mass is 79.9. The number of ether oxygens (including phenoxy) is 2. The smallest absolute Gasteiger partial charge is 0.316 e. The summed E-state index contributed by atoms with van der Waals surface area (Å²) in [5.41, 5.74) is 3.96. The van der Waals surface area contributed by atoms with Crippen LogP contribution in [0.3, 0.4) is 0 Å². The van der Waals surface area contributed by atoms with E-state index in [1.807, 2.05) is 55.5 Å². The van der Waals surface area contributed by atoms with Gasteiger partial charge in [-0.25, -0.2) is 0 Å². The molecule has 4 nitrogen and oxygen atoms in total. The van der Waals surface area contributed by atoms with E-state index < -0.39 is 0 Å². The summed E-state index contributed by atoms with van der Waals surface area (Å²) < 4.78 is 9.66. The van der Waals surface area contributed by atoms with Gasteiger partial charge in [0.15, 0.2) is 0 Å². The van der Waals surface area contributed by atoms with Crippen molar-refractivity contribution in [1.29, 1.82) is 0 Å². The highest BCUT2D eigenvalue weighted by Gasteiger charge is 2.53. The summed E-state index contributed by atoms with van der Waals surface area (Å²) in [5, 5.41) is 0.846. The normalized spacial score (nSPS) is 17.4. The maximum atomic E-state index is 11.6. The molecule has 2 fully saturated rings. The van der Waals surface area contributed by atoms with Gasteiger partial charge in [-0.1, -0.05) is 70.0 Å². The molecule has 2 aliphatic rings. The van der Waals surface area contributed by atoms with Crippen molar-refractivity contribution in [3.8, 4) is 0 Å². The van der Waals surface area contributed by atoms with E-state index in [1.165, 1.54) is 25.3 Å². The van der Waals surface area contributed by atoms with Crippen LogP contribution in [0.2, 0.25) is 0 Å². The lowest BCUT2D eigenvalue weighted by atomic mass is 9.95. The van der Waals surface area contributed by atoms with Crippen molar-refractivity contribution in [3.63, 3.8) is 0 Å². The molecule has 5 heteroatoms. The molecule has 2 aromatic carbocycles. The number of halogens is 1. The van der Waals surface area contributed by atoms with Crippen molar-refractivity contribution in [2.45, 2.75) is 48.8 Å². The number of esters is 2. The molecule has 29 heavy (non-hydrogen) atoms. The third kappa shape index (κ3) is 4.40. The second-order valence-electron chi connectivity index (χ2n) is 7.84. The average molecular weight is 459 g/mol. The first-order chi connectivity index (χ1) is 13.9. The van der Waals surface area contributed by atoms with Gasteiger partial charge in [-0.3, -0.25) is 9.59 Å². The number of rotatable bonds is 5. The molecule has 0 amide bonds. The molecule has 0 radical (unpaired) electrons. The van der Waals surface area contributed by atoms with Gasteiger partial charge in [0, 0.05) is 5.33 Å². The zero-order valence-corrected chi connectivity index (χ0v) is 18.8. The minimum Gasteiger partial charge on any atom is -0.468 e. The minimum absolute atomic E-state index is 0.0960. The number of hydrogen-bond donors (Lipinski definition) is 0. The van der Waals surface area contributed by atoms with Crippen molar-refractivity contribution < 1.29 is 19.1 Å². The Morgan fingerprint density at radius 2 is 1.17 bits per heavy atom. The van der Waals surface area contributed by atoms with Gasteiger partial charge in [-0.15, -0.1) is 0 Å². The summed E-state index contributed by atoms with van der Waals surface area (Å²) in [5.74, 6) is -0.199. The molecule has 0 spiro atoms. The van der Waals surface area contributed by atoms with Gasteiger partial charge < -0.3 is 9.47 Å². The molecule has 0 bridgehead atoms. The summed E-state index contributed by atoms with van der Waals surface area (Å²) in [6, 6.07) is 16.3. The van der Waals surface area contributed by atoms with Crippen LogP contribution >= 0.6 is 15.9 Å². The molecule has 0 atom stereocenters. The molecular weight excluding hydrogens is 432 g/mol. The largest absolute Gasteiger partial charge is 0.468 e. The van der Waals surface area contributed by atoms with Crippen molar-refractivity contribution in [2.75, 3.05) is 14.2 Å². The predicted octanol–water partition coefficient (Wildman–Crippen LogP) is 4.99. The maximum Gasteiger partial charge on any atom is 0.316 e. The van der Waals surface area contributed by atoms with Gasteiger partial charge >= 0.3 is 11.9 Å². The van der Waals surface area contributed by atoms with E-state index in [0.717, 1.165) is 42.1 Å². The second-order valence-corrected chi connectivity index (χ2v) is 8.40. The van der Waals surface area contributed by atoms with E-state index >= 15 is 0 Å². The van der Waals surface area contributed by atoms with Crippen molar-refractivity contribution in [2.24, 2.45) is 0 Å². The van der Waals surface area contributed by atoms with Crippen LogP contribution < -0.4 is 0 Å². The fraction of sp³-hybridized carbons (Fsp3) is 0.417. The molecule has 0 saturated heterocycles. The highest BCUT2D eigenvalue weighted by Crippen LogP contribution is 2.49. The second kappa shape index (κ2) is 8.70. The third-order valence-electron chi connectivity index (χ3n) is 5.92. The maximum absolute atomic E-state index is 11.6. The fourth-order valence-electron chi connectivity index (χ4n) is 3.65. The van der Waals surface area contributed by atoms with Crippen LogP contribution in [0.25, 0.3) is 0 Å². The van der Waals surface area contributed by atoms with Gasteiger partial charge in [-0.05, 0) is 49.3 Å². The Balaban J connectivity index is 0.000000166. The van der Waals surface area contributed by atoms with E-state index in [-0.39, 0.29) is 22.8 Å². The van der Waals surface area contributed by atoms with Gasteiger partial charge in [0.25, 0.3) is 0 Å². The van der Waals surface area contributed by atoms with Crippen LogP contribution in [0, 0.1) is 6.92 Å². The van der Waals surface area contributed by atoms with Crippen molar-refractivity contribution in [1.82, 2.24) is 0 Å². The van der Waals surface area contributed by atoms with Crippen molar-refractivity contribution in [3.05, 3.63) is 70.8 Å². The number of benzene rings is 2. The first-order valence-corrected chi connectivity index (χ1v) is 10.9. The molecule has 0 unspecified atom stereocenters. The Morgan fingerprint density at radius 1 is 0.793 bits per heavy atom. The monoisotopic (exact) mass is 458 g/mol. The average Bonchev–Trinajstić information content (AvgIpc) is 3.68. The van der Waals surface area contributed by atoms with Crippen LogP contribution in [-0.4, -0.2) is 26.2 Å². The lowest BCUT2D eigenvalue weighted by Crippen LogP contribution is -2.21. The Kier molecular flexibility index (Phi) is 6.47. The van der Waals surface area contributed by atoms with Gasteiger partial charge in [0.2, 0.25) is 0 Å². The van der Waals surface area contributed by atoms with E-state index in [1.54, 1.807) is 0 Å². The number of methoxy groups -OCH3 is 2. The lowest BCUT2D eigenvalue weighted by molar-refractivity contribution is -0.144. The molecule has 0 aromatic heterocycles. The highest BCUT2D eigenvalue weighted by molar-refractivity contribution is 9.08. The lowest BCUT2D eigenvalue weighted by Gasteiger charge is -2.12. The molecule has 154 valence electrons. The molecular formula is C24H27BrO4. The van der Waals surface area contributed by atoms with E-state index in [2.05, 4.69) is 15.9 Å². The van der Waals surface area contributed by atoms with Gasteiger partial charge in [0.1, 0.15) is 0 Å². The Morgan fingerprint density at radius 3 is 1.48 bits per heavy atom. The Bertz CT molecular complexity index is 863. The summed E-state index contributed by atoms with van der Waals surface area (Å²) >= 11 is 3.40. The predicted molar refractivity (Wildman–Crippen MR) is 116 cm³/mol. The zero-order chi connectivity index (χ0) is 21.1. The van der Waals surface area contributed by atoms with Crippen LogP contribution in [0.5, 0.6) is 0 Å². The van der Waals surface area contributed by atoms with E-state index in [9.17, 15) is 9.59 Å². The zero-order valence-electron chi connectivity index (χ0n) is 17.2. The van der Waals surface area contributed by atoms with Gasteiger partial charge in [0.05, 0.1) is 25.0 Å². The Hall–Kier alpha value is -2.14. The summed E-state index contributed by atoms with van der Waals surface area (Å²) in [6.45, 7) is 2.04. The number of alkyl halides is 1. The van der Waals surface area contributed by atoms with Crippen molar-refractivity contribution >= 4 is 27.9 Å². The molecule has 0 aliphatic heterocycles. The standard InChI is InChI=1S/C12H13BrO2.C12H14O2/c1-15-11(14)12(6-7-12)10-4-2-9(8-13)3-5-10;1-9-3-5-10(6-4-9)12(7-8-12)11(13)14-2/h2-5H,6-8H2,1H3;3-6H,7-8H2,1-2H3. The minimum atomic E-state index is -0.334. The molecule has 2 aliphatic carbocycles. The molecule has 0 N–H and O–H groups in total. The first kappa shape index (κ1) is 21.6. The summed E-state index contributed by atoms with van der Waals surface area (Å²) in [6.07, 6.45) is 3.66. The molecule has 2 aromatic rings. The summed E-state index contributed by atoms with van der Waals surface area (Å²) in [4.78, 5) is 23.2.